The van der Waals surface area contributed by atoms with Gasteiger partial charge in [-0.2, -0.15) is 13.2 Å². The number of rotatable bonds is 7. The molecule has 0 unspecified atom stereocenters. The Balaban J connectivity index is 0.000000193. The third-order valence-corrected chi connectivity index (χ3v) is 5.97. The number of alkyl halides is 3. The molecule has 17 heteroatoms. The summed E-state index contributed by atoms with van der Waals surface area (Å²) in [5.41, 5.74) is 1.14. The van der Waals surface area contributed by atoms with Crippen molar-refractivity contribution >= 4 is 39.9 Å². The lowest BCUT2D eigenvalue weighted by atomic mass is 10.1. The largest absolute Gasteiger partial charge is 0.478 e. The molecule has 0 fully saturated rings. The zero-order valence-electron chi connectivity index (χ0n) is 23.6. The molecule has 2 aromatic heterocycles. The lowest BCUT2D eigenvalue weighted by Crippen LogP contribution is -2.07. The average molecular weight is 630 g/mol. The number of non-ortho nitro benzene ring substituents is 1. The van der Waals surface area contributed by atoms with Gasteiger partial charge in [-0.05, 0) is 48.2 Å². The van der Waals surface area contributed by atoms with Crippen molar-refractivity contribution < 1.29 is 38.0 Å². The molecule has 0 spiro atoms. The Morgan fingerprint density at radius 3 is 2.36 bits per heavy atom. The molecule has 2 heterocycles. The molecule has 0 aliphatic carbocycles. The van der Waals surface area contributed by atoms with Crippen LogP contribution in [0.5, 0.6) is 0 Å². The summed E-state index contributed by atoms with van der Waals surface area (Å²) in [6.07, 6.45) is -3.25. The fourth-order valence-corrected chi connectivity index (χ4v) is 3.92. The van der Waals surface area contributed by atoms with Crippen LogP contribution in [0.1, 0.15) is 27.6 Å². The summed E-state index contributed by atoms with van der Waals surface area (Å²) in [6, 6.07) is 15.1. The van der Waals surface area contributed by atoms with Crippen LogP contribution in [0.15, 0.2) is 72.9 Å². The SMILES string of the molecule is Cc1nc2ccc([N+](=O)[O-])cc2[nH]1.Cc1ncc([N+](=O)[O-])n1CCO.O=C(O)c1ccccc1Nc1cccc(C(F)(F)F)c1. The highest BCUT2D eigenvalue weighted by Crippen LogP contribution is 2.32. The van der Waals surface area contributed by atoms with E-state index in [1.165, 1.54) is 47.2 Å². The van der Waals surface area contributed by atoms with Crippen LogP contribution < -0.4 is 5.32 Å². The van der Waals surface area contributed by atoms with Gasteiger partial charge in [0.25, 0.3) is 5.69 Å². The highest BCUT2D eigenvalue weighted by Gasteiger charge is 2.30. The van der Waals surface area contributed by atoms with Gasteiger partial charge in [-0.1, -0.05) is 18.2 Å². The number of benzene rings is 3. The molecule has 0 amide bonds. The molecule has 3 aromatic carbocycles. The number of halogens is 3. The second kappa shape index (κ2) is 14.6. The number of H-pyrrole nitrogens is 1. The van der Waals surface area contributed by atoms with Gasteiger partial charge < -0.3 is 30.6 Å². The molecule has 0 saturated carbocycles. The Hall–Kier alpha value is -5.84. The first kappa shape index (κ1) is 33.7. The lowest BCUT2D eigenvalue weighted by molar-refractivity contribution is -0.392. The van der Waals surface area contributed by atoms with Crippen molar-refractivity contribution in [3.8, 4) is 0 Å². The molecule has 0 atom stereocenters. The zero-order chi connectivity index (χ0) is 33.3. The second-order valence-electron chi connectivity index (χ2n) is 9.13. The number of aliphatic hydroxyl groups excluding tert-OH is 1. The molecule has 0 aliphatic heterocycles. The van der Waals surface area contributed by atoms with Crippen LogP contribution in [-0.2, 0) is 12.7 Å². The molecule has 4 N–H and O–H groups in total. The standard InChI is InChI=1S/C14H10F3NO2.C8H7N3O2.C6H9N3O3/c15-14(16,17)9-4-3-5-10(8-9)18-12-7-2-1-6-11(12)13(19)20;1-5-9-7-3-2-6(11(12)13)4-8(7)10-5;1-5-7-4-6(9(11)12)8(5)2-3-10/h1-8,18H,(H,19,20);2-4H,1H3,(H,9,10);4,10H,2-3H2,1H3. The van der Waals surface area contributed by atoms with Crippen LogP contribution in [0.4, 0.5) is 36.1 Å². The molecule has 14 nitrogen and oxygen atoms in total. The molecule has 0 bridgehead atoms. The fourth-order valence-electron chi connectivity index (χ4n) is 3.92. The number of aromatic nitrogens is 4. The number of aromatic carboxylic acids is 1. The van der Waals surface area contributed by atoms with Gasteiger partial charge in [0, 0.05) is 24.7 Å². The molecular weight excluding hydrogens is 603 g/mol. The van der Waals surface area contributed by atoms with E-state index in [0.717, 1.165) is 23.5 Å². The maximum absolute atomic E-state index is 12.6. The fraction of sp³-hybridized carbons (Fsp3) is 0.179. The van der Waals surface area contributed by atoms with E-state index in [1.54, 1.807) is 25.1 Å². The van der Waals surface area contributed by atoms with Gasteiger partial charge in [0.05, 0.1) is 39.4 Å². The zero-order valence-corrected chi connectivity index (χ0v) is 23.6. The summed E-state index contributed by atoms with van der Waals surface area (Å²) < 4.78 is 39.1. The quantitative estimate of drug-likeness (QED) is 0.122. The number of hydrogen-bond donors (Lipinski definition) is 4. The number of fused-ring (bicyclic) bond motifs is 1. The van der Waals surface area contributed by atoms with Crippen molar-refractivity contribution in [1.82, 2.24) is 19.5 Å². The predicted octanol–water partition coefficient (Wildman–Crippen LogP) is 6.02. The maximum Gasteiger partial charge on any atom is 0.416 e. The number of carbonyl (C=O) groups is 1. The monoisotopic (exact) mass is 629 g/mol. The van der Waals surface area contributed by atoms with Gasteiger partial charge in [-0.3, -0.25) is 10.1 Å². The number of aromatic amines is 1. The number of aryl methyl sites for hydroxylation is 2. The first-order valence-electron chi connectivity index (χ1n) is 12.9. The molecule has 0 radical (unpaired) electrons. The van der Waals surface area contributed by atoms with E-state index < -0.39 is 27.6 Å². The Bertz CT molecular complexity index is 1820. The normalized spacial score (nSPS) is 10.7. The van der Waals surface area contributed by atoms with Crippen LogP contribution in [0.3, 0.4) is 0 Å². The first-order chi connectivity index (χ1) is 21.2. The van der Waals surface area contributed by atoms with E-state index >= 15 is 0 Å². The van der Waals surface area contributed by atoms with E-state index in [4.69, 9.17) is 10.2 Å². The number of nitro groups is 2. The number of nitro benzene ring substituents is 1. The summed E-state index contributed by atoms with van der Waals surface area (Å²) in [6.45, 7) is 3.55. The summed E-state index contributed by atoms with van der Waals surface area (Å²) in [5.74, 6) is 0.0628. The van der Waals surface area contributed by atoms with Crippen LogP contribution in [0.25, 0.3) is 11.0 Å². The summed E-state index contributed by atoms with van der Waals surface area (Å²) >= 11 is 0. The molecule has 0 saturated heterocycles. The van der Waals surface area contributed by atoms with Crippen LogP contribution in [0, 0.1) is 34.1 Å². The van der Waals surface area contributed by atoms with Gasteiger partial charge in [-0.15, -0.1) is 0 Å². The number of carboxylic acids is 1. The molecule has 45 heavy (non-hydrogen) atoms. The minimum Gasteiger partial charge on any atom is -0.478 e. The summed E-state index contributed by atoms with van der Waals surface area (Å²) in [4.78, 5) is 41.7. The van der Waals surface area contributed by atoms with Crippen molar-refractivity contribution in [1.29, 1.82) is 0 Å². The van der Waals surface area contributed by atoms with E-state index in [-0.39, 0.29) is 41.6 Å². The topological polar surface area (TPSA) is 202 Å². The van der Waals surface area contributed by atoms with E-state index in [1.807, 2.05) is 6.92 Å². The van der Waals surface area contributed by atoms with Crippen molar-refractivity contribution in [2.24, 2.45) is 0 Å². The average Bonchev–Trinajstić information content (AvgIpc) is 3.54. The number of nitrogens with zero attached hydrogens (tertiary/aromatic N) is 5. The Morgan fingerprint density at radius 2 is 1.73 bits per heavy atom. The number of carboxylic acid groups (broad SMARTS) is 1. The second-order valence-corrected chi connectivity index (χ2v) is 9.13. The Kier molecular flexibility index (Phi) is 10.9. The molecule has 236 valence electrons. The number of anilines is 2. The van der Waals surface area contributed by atoms with Crippen LogP contribution in [-0.4, -0.2) is 52.2 Å². The van der Waals surface area contributed by atoms with Crippen molar-refractivity contribution in [3.05, 3.63) is 116 Å². The molecule has 5 rings (SSSR count). The Morgan fingerprint density at radius 1 is 1.02 bits per heavy atom. The van der Waals surface area contributed by atoms with Gasteiger partial charge in [-0.25, -0.2) is 19.3 Å². The van der Waals surface area contributed by atoms with Gasteiger partial charge in [0.15, 0.2) is 5.82 Å². The number of hydrogen-bond acceptors (Lipinski definition) is 9. The predicted molar refractivity (Wildman–Crippen MR) is 156 cm³/mol. The molecule has 5 aromatic rings. The first-order valence-corrected chi connectivity index (χ1v) is 12.9. The van der Waals surface area contributed by atoms with Crippen molar-refractivity contribution in [2.45, 2.75) is 26.6 Å². The van der Waals surface area contributed by atoms with Gasteiger partial charge >= 0.3 is 18.0 Å². The third kappa shape index (κ3) is 9.07. The summed E-state index contributed by atoms with van der Waals surface area (Å²) in [5, 5.41) is 41.1. The van der Waals surface area contributed by atoms with Crippen molar-refractivity contribution in [3.63, 3.8) is 0 Å². The summed E-state index contributed by atoms with van der Waals surface area (Å²) in [7, 11) is 0. The van der Waals surface area contributed by atoms with E-state index in [2.05, 4.69) is 20.3 Å². The lowest BCUT2D eigenvalue weighted by Gasteiger charge is -2.12. The minimum absolute atomic E-state index is 0.00934. The van der Waals surface area contributed by atoms with Gasteiger partial charge in [0.2, 0.25) is 0 Å². The third-order valence-electron chi connectivity index (χ3n) is 5.97. The smallest absolute Gasteiger partial charge is 0.416 e. The van der Waals surface area contributed by atoms with Crippen LogP contribution >= 0.6 is 0 Å². The molecular formula is C28H26F3N7O7. The highest BCUT2D eigenvalue weighted by atomic mass is 19.4. The minimum atomic E-state index is -4.44. The van der Waals surface area contributed by atoms with E-state index in [0.29, 0.717) is 11.3 Å². The number of aliphatic hydroxyl groups is 1. The van der Waals surface area contributed by atoms with Gasteiger partial charge in [0.1, 0.15) is 18.6 Å². The highest BCUT2D eigenvalue weighted by molar-refractivity contribution is 5.95. The number of nitrogens with one attached hydrogen (secondary N) is 2. The van der Waals surface area contributed by atoms with E-state index in [9.17, 15) is 38.2 Å². The molecule has 0 aliphatic rings. The number of para-hydroxylation sites is 1. The Labute approximate surface area is 252 Å². The van der Waals surface area contributed by atoms with Crippen molar-refractivity contribution in [2.75, 3.05) is 11.9 Å². The maximum atomic E-state index is 12.6. The van der Waals surface area contributed by atoms with Crippen LogP contribution in [0.2, 0.25) is 0 Å². The number of imidazole rings is 2.